The lowest BCUT2D eigenvalue weighted by molar-refractivity contribution is -0.141. The smallest absolute Gasteiger partial charge is 0.243 e. The fourth-order valence-electron chi connectivity index (χ4n) is 3.05. The van der Waals surface area contributed by atoms with E-state index in [1.807, 2.05) is 61.5 Å². The van der Waals surface area contributed by atoms with E-state index in [0.29, 0.717) is 25.9 Å². The number of benzene rings is 2. The van der Waals surface area contributed by atoms with Gasteiger partial charge < -0.3 is 10.2 Å². The first-order valence-electron chi connectivity index (χ1n) is 9.90. The van der Waals surface area contributed by atoms with Crippen molar-refractivity contribution in [2.75, 3.05) is 6.54 Å². The summed E-state index contributed by atoms with van der Waals surface area (Å²) in [6.45, 7) is 4.98. The molecule has 150 valence electrons. The highest BCUT2D eigenvalue weighted by atomic mass is 79.9. The lowest BCUT2D eigenvalue weighted by Gasteiger charge is -2.31. The Kier molecular flexibility index (Phi) is 9.21. The van der Waals surface area contributed by atoms with Crippen molar-refractivity contribution in [3.05, 3.63) is 70.2 Å². The van der Waals surface area contributed by atoms with Crippen molar-refractivity contribution in [2.45, 2.75) is 52.1 Å². The number of halogens is 1. The van der Waals surface area contributed by atoms with Crippen LogP contribution in [0.4, 0.5) is 0 Å². The molecule has 0 heterocycles. The highest BCUT2D eigenvalue weighted by Gasteiger charge is 2.29. The summed E-state index contributed by atoms with van der Waals surface area (Å²) in [5.41, 5.74) is 2.05. The zero-order chi connectivity index (χ0) is 20.4. The third-order valence-electron chi connectivity index (χ3n) is 4.67. The number of carbonyl (C=O) groups excluding carboxylic acids is 2. The quantitative estimate of drug-likeness (QED) is 0.539. The Balaban J connectivity index is 2.28. The zero-order valence-corrected chi connectivity index (χ0v) is 18.2. The number of hydrogen-bond acceptors (Lipinski definition) is 2. The van der Waals surface area contributed by atoms with E-state index in [1.54, 1.807) is 4.90 Å². The fraction of sp³-hybridized carbons (Fsp3) is 0.391. The molecule has 4 nitrogen and oxygen atoms in total. The first-order valence-corrected chi connectivity index (χ1v) is 10.7. The van der Waals surface area contributed by atoms with Gasteiger partial charge in [0.05, 0.1) is 0 Å². The standard InChI is InChI=1S/C23H29BrN2O2/c1-3-5-15-25-23(28)21(16-18-9-7-6-8-10-18)26(22(27)4-2)17-19-11-13-20(24)14-12-19/h6-14,21H,3-5,15-17H2,1-2H3,(H,25,28)/t21-/m0/s1. The van der Waals surface area contributed by atoms with E-state index < -0.39 is 6.04 Å². The monoisotopic (exact) mass is 444 g/mol. The van der Waals surface area contributed by atoms with Crippen LogP contribution >= 0.6 is 15.9 Å². The van der Waals surface area contributed by atoms with Crippen molar-refractivity contribution in [1.29, 1.82) is 0 Å². The minimum atomic E-state index is -0.532. The van der Waals surface area contributed by atoms with E-state index in [-0.39, 0.29) is 11.8 Å². The summed E-state index contributed by atoms with van der Waals surface area (Å²) in [6.07, 6.45) is 2.81. The van der Waals surface area contributed by atoms with Crippen molar-refractivity contribution >= 4 is 27.7 Å². The molecule has 0 radical (unpaired) electrons. The van der Waals surface area contributed by atoms with Crippen molar-refractivity contribution in [1.82, 2.24) is 10.2 Å². The first kappa shape index (κ1) is 22.2. The van der Waals surface area contributed by atoms with Gasteiger partial charge in [0.25, 0.3) is 0 Å². The molecule has 0 fully saturated rings. The molecule has 0 saturated heterocycles. The SMILES string of the molecule is CCCCNC(=O)[C@H](Cc1ccccc1)N(Cc1ccc(Br)cc1)C(=O)CC. The van der Waals surface area contributed by atoms with E-state index in [9.17, 15) is 9.59 Å². The molecule has 1 atom stereocenters. The summed E-state index contributed by atoms with van der Waals surface area (Å²) in [5.74, 6) is -0.106. The molecule has 0 aliphatic rings. The molecule has 2 aromatic carbocycles. The minimum Gasteiger partial charge on any atom is -0.354 e. The maximum absolute atomic E-state index is 13.0. The second-order valence-electron chi connectivity index (χ2n) is 6.85. The summed E-state index contributed by atoms with van der Waals surface area (Å²) >= 11 is 3.44. The maximum Gasteiger partial charge on any atom is 0.243 e. The molecule has 0 aliphatic heterocycles. The van der Waals surface area contributed by atoms with Gasteiger partial charge in [0.1, 0.15) is 6.04 Å². The van der Waals surface area contributed by atoms with Gasteiger partial charge in [-0.1, -0.05) is 78.7 Å². The Morgan fingerprint density at radius 2 is 1.68 bits per heavy atom. The number of hydrogen-bond donors (Lipinski definition) is 1. The molecule has 0 unspecified atom stereocenters. The van der Waals surface area contributed by atoms with Gasteiger partial charge in [0.2, 0.25) is 11.8 Å². The number of nitrogens with zero attached hydrogens (tertiary/aromatic N) is 1. The van der Waals surface area contributed by atoms with Crippen LogP contribution in [0, 0.1) is 0 Å². The third kappa shape index (κ3) is 6.79. The van der Waals surface area contributed by atoms with Gasteiger partial charge >= 0.3 is 0 Å². The van der Waals surface area contributed by atoms with Gasteiger partial charge in [0.15, 0.2) is 0 Å². The highest BCUT2D eigenvalue weighted by Crippen LogP contribution is 2.17. The fourth-order valence-corrected chi connectivity index (χ4v) is 3.31. The average Bonchev–Trinajstić information content (AvgIpc) is 2.72. The van der Waals surface area contributed by atoms with Crippen LogP contribution in [0.1, 0.15) is 44.2 Å². The Morgan fingerprint density at radius 3 is 2.29 bits per heavy atom. The zero-order valence-electron chi connectivity index (χ0n) is 16.7. The molecule has 0 aromatic heterocycles. The van der Waals surface area contributed by atoms with Gasteiger partial charge in [-0.3, -0.25) is 9.59 Å². The minimum absolute atomic E-state index is 0.0190. The first-order chi connectivity index (χ1) is 13.5. The van der Waals surface area contributed by atoms with Crippen molar-refractivity contribution in [3.8, 4) is 0 Å². The van der Waals surface area contributed by atoms with Gasteiger partial charge in [-0.25, -0.2) is 0 Å². The topological polar surface area (TPSA) is 49.4 Å². The summed E-state index contributed by atoms with van der Waals surface area (Å²) in [5, 5.41) is 3.02. The predicted molar refractivity (Wildman–Crippen MR) is 117 cm³/mol. The second-order valence-corrected chi connectivity index (χ2v) is 7.77. The van der Waals surface area contributed by atoms with Gasteiger partial charge in [-0.2, -0.15) is 0 Å². The van der Waals surface area contributed by atoms with Crippen LogP contribution in [-0.2, 0) is 22.6 Å². The second kappa shape index (κ2) is 11.6. The van der Waals surface area contributed by atoms with Crippen molar-refractivity contribution in [3.63, 3.8) is 0 Å². The van der Waals surface area contributed by atoms with Crippen LogP contribution < -0.4 is 5.32 Å². The number of rotatable bonds is 10. The van der Waals surface area contributed by atoms with E-state index in [0.717, 1.165) is 28.4 Å². The van der Waals surface area contributed by atoms with Crippen LogP contribution in [0.5, 0.6) is 0 Å². The summed E-state index contributed by atoms with van der Waals surface area (Å²) < 4.78 is 0.989. The molecule has 0 spiro atoms. The molecule has 28 heavy (non-hydrogen) atoms. The van der Waals surface area contributed by atoms with Crippen LogP contribution in [0.15, 0.2) is 59.1 Å². The van der Waals surface area contributed by atoms with Gasteiger partial charge in [-0.15, -0.1) is 0 Å². The molecule has 0 aliphatic carbocycles. The molecule has 0 saturated carbocycles. The summed E-state index contributed by atoms with van der Waals surface area (Å²) in [6, 6.07) is 17.2. The summed E-state index contributed by atoms with van der Waals surface area (Å²) in [4.78, 5) is 27.5. The number of nitrogens with one attached hydrogen (secondary N) is 1. The molecule has 0 bridgehead atoms. The van der Waals surface area contributed by atoms with Crippen molar-refractivity contribution < 1.29 is 9.59 Å². The van der Waals surface area contributed by atoms with E-state index in [4.69, 9.17) is 0 Å². The van der Waals surface area contributed by atoms with Crippen molar-refractivity contribution in [2.24, 2.45) is 0 Å². The third-order valence-corrected chi connectivity index (χ3v) is 5.20. The molecular formula is C23H29BrN2O2. The molecular weight excluding hydrogens is 416 g/mol. The molecule has 2 amide bonds. The molecule has 1 N–H and O–H groups in total. The number of unbranched alkanes of at least 4 members (excludes halogenated alkanes) is 1. The van der Waals surface area contributed by atoms with Crippen LogP contribution in [0.25, 0.3) is 0 Å². The van der Waals surface area contributed by atoms with Crippen LogP contribution in [0.3, 0.4) is 0 Å². The Morgan fingerprint density at radius 1 is 1.00 bits per heavy atom. The lowest BCUT2D eigenvalue weighted by atomic mass is 10.0. The molecule has 5 heteroatoms. The molecule has 2 aromatic rings. The average molecular weight is 445 g/mol. The Hall–Kier alpha value is -2.14. The van der Waals surface area contributed by atoms with E-state index in [1.165, 1.54) is 0 Å². The van der Waals surface area contributed by atoms with E-state index in [2.05, 4.69) is 28.2 Å². The normalized spacial score (nSPS) is 11.7. The van der Waals surface area contributed by atoms with Gasteiger partial charge in [-0.05, 0) is 29.7 Å². The maximum atomic E-state index is 13.0. The van der Waals surface area contributed by atoms with E-state index >= 15 is 0 Å². The predicted octanol–water partition coefficient (Wildman–Crippen LogP) is 4.72. The Bertz CT molecular complexity index is 747. The van der Waals surface area contributed by atoms with Crippen LogP contribution in [-0.4, -0.2) is 29.3 Å². The summed E-state index contributed by atoms with van der Waals surface area (Å²) in [7, 11) is 0. The van der Waals surface area contributed by atoms with Crippen LogP contribution in [0.2, 0.25) is 0 Å². The lowest BCUT2D eigenvalue weighted by Crippen LogP contribution is -2.50. The Labute approximate surface area is 176 Å². The van der Waals surface area contributed by atoms with Gasteiger partial charge in [0, 0.05) is 30.4 Å². The number of amides is 2. The molecule has 2 rings (SSSR count). The highest BCUT2D eigenvalue weighted by molar-refractivity contribution is 9.10. The largest absolute Gasteiger partial charge is 0.354 e. The number of carbonyl (C=O) groups is 2.